The van der Waals surface area contributed by atoms with E-state index in [1.54, 1.807) is 12.1 Å². The number of para-hydroxylation sites is 1. The van der Waals surface area contributed by atoms with Crippen LogP contribution in [0.15, 0.2) is 54.6 Å². The fraction of sp³-hybridized carbons (Fsp3) is 0.143. The molecule has 0 saturated carbocycles. The number of hydrogen-bond acceptors (Lipinski definition) is 1. The zero-order valence-corrected chi connectivity index (χ0v) is 8.90. The molecule has 0 aromatic heterocycles. The Hall–Kier alpha value is -1.83. The first kappa shape index (κ1) is 10.7. The molecule has 0 aliphatic heterocycles. The van der Waals surface area contributed by atoms with Crippen molar-refractivity contribution >= 4 is 0 Å². The maximum atomic E-state index is 12.3. The summed E-state index contributed by atoms with van der Waals surface area (Å²) < 4.78 is 17.8. The lowest BCUT2D eigenvalue weighted by Gasteiger charge is -2.06. The fourth-order valence-electron chi connectivity index (χ4n) is 1.41. The van der Waals surface area contributed by atoms with Crippen molar-refractivity contribution in [3.63, 3.8) is 0 Å². The lowest BCUT2D eigenvalue weighted by atomic mass is 10.1. The average Bonchev–Trinajstić information content (AvgIpc) is 2.38. The van der Waals surface area contributed by atoms with Crippen molar-refractivity contribution in [1.82, 2.24) is 0 Å². The lowest BCUT2D eigenvalue weighted by Crippen LogP contribution is -1.95. The van der Waals surface area contributed by atoms with Crippen LogP contribution in [0.5, 0.6) is 5.75 Å². The normalized spacial score (nSPS) is 10.1. The zero-order chi connectivity index (χ0) is 11.2. The first-order valence-corrected chi connectivity index (χ1v) is 5.20. The van der Waals surface area contributed by atoms with Crippen LogP contribution in [0.1, 0.15) is 11.1 Å². The van der Waals surface area contributed by atoms with E-state index in [-0.39, 0.29) is 0 Å². The molecular weight excluding hydrogens is 203 g/mol. The highest BCUT2D eigenvalue weighted by molar-refractivity contribution is 5.24. The van der Waals surface area contributed by atoms with Crippen LogP contribution in [-0.2, 0) is 13.3 Å². The van der Waals surface area contributed by atoms with Gasteiger partial charge in [-0.05, 0) is 23.3 Å². The van der Waals surface area contributed by atoms with Crippen LogP contribution in [0.3, 0.4) is 0 Å². The minimum absolute atomic E-state index is 0.417. The molecule has 16 heavy (non-hydrogen) atoms. The predicted molar refractivity (Wildman–Crippen MR) is 62.0 cm³/mol. The molecule has 1 nitrogen and oxygen atoms in total. The fourth-order valence-corrected chi connectivity index (χ4v) is 1.41. The SMILES string of the molecule is FCc1ccc(COc2ccccc2)cc1. The van der Waals surface area contributed by atoms with Gasteiger partial charge in [-0.2, -0.15) is 0 Å². The highest BCUT2D eigenvalue weighted by Crippen LogP contribution is 2.12. The molecule has 0 unspecified atom stereocenters. The van der Waals surface area contributed by atoms with E-state index in [0.29, 0.717) is 12.2 Å². The molecular formula is C14H13FO. The Labute approximate surface area is 94.5 Å². The number of halogens is 1. The molecule has 2 aromatic carbocycles. The molecule has 0 heterocycles. The summed E-state index contributed by atoms with van der Waals surface area (Å²) >= 11 is 0. The molecule has 2 rings (SSSR count). The first-order chi connectivity index (χ1) is 7.88. The number of hydrogen-bond donors (Lipinski definition) is 0. The van der Waals surface area contributed by atoms with E-state index in [4.69, 9.17) is 4.74 Å². The van der Waals surface area contributed by atoms with Gasteiger partial charge in [0, 0.05) is 0 Å². The minimum Gasteiger partial charge on any atom is -0.489 e. The van der Waals surface area contributed by atoms with Gasteiger partial charge in [0.15, 0.2) is 0 Å². The zero-order valence-electron chi connectivity index (χ0n) is 8.90. The van der Waals surface area contributed by atoms with E-state index in [2.05, 4.69) is 0 Å². The van der Waals surface area contributed by atoms with Gasteiger partial charge in [-0.25, -0.2) is 4.39 Å². The third kappa shape index (κ3) is 2.83. The summed E-state index contributed by atoms with van der Waals surface area (Å²) in [6.45, 7) is 0.0937. The van der Waals surface area contributed by atoms with Crippen molar-refractivity contribution in [2.75, 3.05) is 0 Å². The summed E-state index contributed by atoms with van der Waals surface area (Å²) in [7, 11) is 0. The van der Waals surface area contributed by atoms with Gasteiger partial charge in [-0.1, -0.05) is 42.5 Å². The maximum Gasteiger partial charge on any atom is 0.119 e. The largest absolute Gasteiger partial charge is 0.489 e. The smallest absolute Gasteiger partial charge is 0.119 e. The van der Waals surface area contributed by atoms with Crippen molar-refractivity contribution in [3.8, 4) is 5.75 Å². The predicted octanol–water partition coefficient (Wildman–Crippen LogP) is 3.74. The second-order valence-corrected chi connectivity index (χ2v) is 3.55. The minimum atomic E-state index is -0.417. The quantitative estimate of drug-likeness (QED) is 0.756. The molecule has 0 atom stereocenters. The lowest BCUT2D eigenvalue weighted by molar-refractivity contribution is 0.306. The molecule has 2 heteroatoms. The molecule has 0 bridgehead atoms. The van der Waals surface area contributed by atoms with Gasteiger partial charge < -0.3 is 4.74 Å². The molecule has 0 N–H and O–H groups in total. The summed E-state index contributed by atoms with van der Waals surface area (Å²) in [5.41, 5.74) is 1.74. The number of ether oxygens (including phenoxy) is 1. The number of alkyl halides is 1. The monoisotopic (exact) mass is 216 g/mol. The Morgan fingerprint density at radius 3 is 2.06 bits per heavy atom. The topological polar surface area (TPSA) is 9.23 Å². The van der Waals surface area contributed by atoms with E-state index in [1.165, 1.54) is 0 Å². The number of rotatable bonds is 4. The Kier molecular flexibility index (Phi) is 3.54. The van der Waals surface area contributed by atoms with E-state index in [1.807, 2.05) is 42.5 Å². The van der Waals surface area contributed by atoms with Crippen LogP contribution in [-0.4, -0.2) is 0 Å². The van der Waals surface area contributed by atoms with Gasteiger partial charge in [0.25, 0.3) is 0 Å². The molecule has 0 aliphatic carbocycles. The first-order valence-electron chi connectivity index (χ1n) is 5.20. The van der Waals surface area contributed by atoms with Crippen molar-refractivity contribution in [2.45, 2.75) is 13.3 Å². The maximum absolute atomic E-state index is 12.3. The van der Waals surface area contributed by atoms with Gasteiger partial charge in [-0.3, -0.25) is 0 Å². The molecule has 0 saturated heterocycles. The highest BCUT2D eigenvalue weighted by atomic mass is 19.1. The molecule has 82 valence electrons. The van der Waals surface area contributed by atoms with Gasteiger partial charge in [0.2, 0.25) is 0 Å². The number of benzene rings is 2. The standard InChI is InChI=1S/C14H13FO/c15-10-12-6-8-13(9-7-12)11-16-14-4-2-1-3-5-14/h1-9H,10-11H2. The van der Waals surface area contributed by atoms with Gasteiger partial charge in [0.05, 0.1) is 0 Å². The van der Waals surface area contributed by atoms with Crippen molar-refractivity contribution in [1.29, 1.82) is 0 Å². The third-order valence-corrected chi connectivity index (χ3v) is 2.33. The summed E-state index contributed by atoms with van der Waals surface area (Å²) in [5.74, 6) is 0.845. The molecule has 0 spiro atoms. The van der Waals surface area contributed by atoms with E-state index in [0.717, 1.165) is 11.3 Å². The van der Waals surface area contributed by atoms with Gasteiger partial charge >= 0.3 is 0 Å². The Morgan fingerprint density at radius 1 is 0.812 bits per heavy atom. The van der Waals surface area contributed by atoms with Crippen LogP contribution < -0.4 is 4.74 Å². The molecule has 0 aliphatic rings. The summed E-state index contributed by atoms with van der Waals surface area (Å²) in [6.07, 6.45) is 0. The molecule has 0 amide bonds. The van der Waals surface area contributed by atoms with E-state index in [9.17, 15) is 4.39 Å². The van der Waals surface area contributed by atoms with Crippen LogP contribution in [0.25, 0.3) is 0 Å². The summed E-state index contributed by atoms with van der Waals surface area (Å²) in [4.78, 5) is 0. The van der Waals surface area contributed by atoms with Crippen molar-refractivity contribution in [2.24, 2.45) is 0 Å². The van der Waals surface area contributed by atoms with Crippen molar-refractivity contribution < 1.29 is 9.13 Å². The van der Waals surface area contributed by atoms with E-state index < -0.39 is 6.67 Å². The Morgan fingerprint density at radius 2 is 1.44 bits per heavy atom. The van der Waals surface area contributed by atoms with E-state index >= 15 is 0 Å². The molecule has 0 fully saturated rings. The summed E-state index contributed by atoms with van der Waals surface area (Å²) in [5, 5.41) is 0. The Bertz CT molecular complexity index is 422. The molecule has 0 radical (unpaired) electrons. The second-order valence-electron chi connectivity index (χ2n) is 3.55. The van der Waals surface area contributed by atoms with Crippen LogP contribution in [0, 0.1) is 0 Å². The average molecular weight is 216 g/mol. The Balaban J connectivity index is 1.94. The van der Waals surface area contributed by atoms with Crippen LogP contribution in [0.2, 0.25) is 0 Å². The van der Waals surface area contributed by atoms with Crippen LogP contribution in [0.4, 0.5) is 4.39 Å². The second kappa shape index (κ2) is 5.31. The third-order valence-electron chi connectivity index (χ3n) is 2.33. The highest BCUT2D eigenvalue weighted by Gasteiger charge is 1.96. The summed E-state index contributed by atoms with van der Waals surface area (Å²) in [6, 6.07) is 17.0. The van der Waals surface area contributed by atoms with Gasteiger partial charge in [-0.15, -0.1) is 0 Å². The van der Waals surface area contributed by atoms with Gasteiger partial charge in [0.1, 0.15) is 19.0 Å². The molecule has 2 aromatic rings. The van der Waals surface area contributed by atoms with Crippen LogP contribution >= 0.6 is 0 Å². The van der Waals surface area contributed by atoms with Crippen molar-refractivity contribution in [3.05, 3.63) is 65.7 Å².